The predicted octanol–water partition coefficient (Wildman–Crippen LogP) is 3.17. The molecule has 3 rings (SSSR count). The second kappa shape index (κ2) is 6.44. The third-order valence-electron chi connectivity index (χ3n) is 4.61. The van der Waals surface area contributed by atoms with Gasteiger partial charge in [-0.25, -0.2) is 0 Å². The molecule has 0 aliphatic heterocycles. The molecule has 21 heavy (non-hydrogen) atoms. The largest absolute Gasteiger partial charge is 0.314 e. The van der Waals surface area contributed by atoms with Crippen molar-refractivity contribution in [3.8, 4) is 0 Å². The summed E-state index contributed by atoms with van der Waals surface area (Å²) in [6.07, 6.45) is 7.15. The lowest BCUT2D eigenvalue weighted by Crippen LogP contribution is -2.36. The van der Waals surface area contributed by atoms with Gasteiger partial charge in [-0.1, -0.05) is 38.0 Å². The van der Waals surface area contributed by atoms with Crippen molar-refractivity contribution in [2.45, 2.75) is 45.2 Å². The van der Waals surface area contributed by atoms with Crippen LogP contribution in [0.4, 0.5) is 0 Å². The van der Waals surface area contributed by atoms with E-state index in [0.717, 1.165) is 29.8 Å². The van der Waals surface area contributed by atoms with Crippen molar-refractivity contribution in [3.05, 3.63) is 46.9 Å². The molecular weight excluding hydrogens is 260 g/mol. The van der Waals surface area contributed by atoms with E-state index in [-0.39, 0.29) is 5.56 Å². The molecule has 1 aromatic heterocycles. The highest BCUT2D eigenvalue weighted by Gasteiger charge is 2.17. The summed E-state index contributed by atoms with van der Waals surface area (Å²) in [4.78, 5) is 12.4. The molecule has 1 heterocycles. The maximum atomic E-state index is 12.4. The van der Waals surface area contributed by atoms with Crippen molar-refractivity contribution in [1.82, 2.24) is 9.88 Å². The third-order valence-corrected chi connectivity index (χ3v) is 4.61. The normalized spacial score (nSPS) is 22.5. The zero-order valence-corrected chi connectivity index (χ0v) is 12.7. The molecule has 0 radical (unpaired) electrons. The summed E-state index contributed by atoms with van der Waals surface area (Å²) < 4.78 is 1.82. The number of hydrogen-bond donors (Lipinski definition) is 1. The van der Waals surface area contributed by atoms with Gasteiger partial charge in [-0.15, -0.1) is 0 Å². The number of pyridine rings is 1. The molecule has 3 nitrogen and oxygen atoms in total. The van der Waals surface area contributed by atoms with Crippen LogP contribution in [0.25, 0.3) is 10.8 Å². The van der Waals surface area contributed by atoms with Crippen LogP contribution in [0, 0.1) is 5.92 Å². The van der Waals surface area contributed by atoms with Gasteiger partial charge in [0, 0.05) is 30.7 Å². The predicted molar refractivity (Wildman–Crippen MR) is 87.6 cm³/mol. The minimum Gasteiger partial charge on any atom is -0.314 e. The summed E-state index contributed by atoms with van der Waals surface area (Å²) in [7, 11) is 0. The zero-order chi connectivity index (χ0) is 14.7. The average Bonchev–Trinajstić information content (AvgIpc) is 2.50. The van der Waals surface area contributed by atoms with Crippen molar-refractivity contribution in [2.24, 2.45) is 5.92 Å². The standard InChI is InChI=1S/C18H24N2O/c1-14-5-4-7-16(13-14)19-10-12-20-11-9-15-6-2-3-8-17(15)18(20)21/h2-3,6,8-9,11,14,16,19H,4-5,7,10,12-13H2,1H3. The van der Waals surface area contributed by atoms with E-state index in [4.69, 9.17) is 0 Å². The van der Waals surface area contributed by atoms with Crippen LogP contribution in [0.2, 0.25) is 0 Å². The van der Waals surface area contributed by atoms with E-state index in [9.17, 15) is 4.79 Å². The number of nitrogens with one attached hydrogen (secondary N) is 1. The van der Waals surface area contributed by atoms with Gasteiger partial charge in [0.1, 0.15) is 0 Å². The minimum atomic E-state index is 0.118. The number of hydrogen-bond acceptors (Lipinski definition) is 2. The molecule has 0 bridgehead atoms. The van der Waals surface area contributed by atoms with Crippen LogP contribution in [0.1, 0.15) is 32.6 Å². The Kier molecular flexibility index (Phi) is 4.39. The molecule has 2 aromatic rings. The summed E-state index contributed by atoms with van der Waals surface area (Å²) in [5.74, 6) is 0.833. The monoisotopic (exact) mass is 284 g/mol. The van der Waals surface area contributed by atoms with Crippen molar-refractivity contribution < 1.29 is 0 Å². The van der Waals surface area contributed by atoms with Crippen molar-refractivity contribution in [2.75, 3.05) is 6.54 Å². The van der Waals surface area contributed by atoms with Gasteiger partial charge < -0.3 is 9.88 Å². The lowest BCUT2D eigenvalue weighted by molar-refractivity contribution is 0.299. The molecule has 3 heteroatoms. The van der Waals surface area contributed by atoms with Crippen molar-refractivity contribution >= 4 is 10.8 Å². The minimum absolute atomic E-state index is 0.118. The molecule has 1 aromatic carbocycles. The number of nitrogens with zero attached hydrogens (tertiary/aromatic N) is 1. The van der Waals surface area contributed by atoms with Crippen LogP contribution in [0.3, 0.4) is 0 Å². The van der Waals surface area contributed by atoms with Crippen LogP contribution in [-0.2, 0) is 6.54 Å². The van der Waals surface area contributed by atoms with E-state index < -0.39 is 0 Å². The molecule has 2 unspecified atom stereocenters. The lowest BCUT2D eigenvalue weighted by atomic mass is 9.87. The quantitative estimate of drug-likeness (QED) is 0.935. The summed E-state index contributed by atoms with van der Waals surface area (Å²) in [5, 5.41) is 5.45. The summed E-state index contributed by atoms with van der Waals surface area (Å²) in [5.41, 5.74) is 0.118. The second-order valence-electron chi connectivity index (χ2n) is 6.32. The van der Waals surface area contributed by atoms with Gasteiger partial charge in [0.05, 0.1) is 0 Å². The highest BCUT2D eigenvalue weighted by molar-refractivity contribution is 5.81. The first-order valence-corrected chi connectivity index (χ1v) is 8.05. The van der Waals surface area contributed by atoms with Crippen LogP contribution in [0.5, 0.6) is 0 Å². The van der Waals surface area contributed by atoms with Crippen LogP contribution < -0.4 is 10.9 Å². The maximum Gasteiger partial charge on any atom is 0.258 e. The van der Waals surface area contributed by atoms with Gasteiger partial charge in [-0.3, -0.25) is 4.79 Å². The van der Waals surface area contributed by atoms with Crippen LogP contribution in [-0.4, -0.2) is 17.2 Å². The molecule has 0 saturated heterocycles. The summed E-state index contributed by atoms with van der Waals surface area (Å²) in [6, 6.07) is 10.4. The molecule has 1 saturated carbocycles. The van der Waals surface area contributed by atoms with Gasteiger partial charge in [-0.2, -0.15) is 0 Å². The van der Waals surface area contributed by atoms with Gasteiger partial charge >= 0.3 is 0 Å². The van der Waals surface area contributed by atoms with Gasteiger partial charge in [-0.05, 0) is 36.3 Å². The Morgan fingerprint density at radius 2 is 2.10 bits per heavy atom. The Morgan fingerprint density at radius 3 is 2.95 bits per heavy atom. The first kappa shape index (κ1) is 14.3. The van der Waals surface area contributed by atoms with Gasteiger partial charge in [0.25, 0.3) is 5.56 Å². The Bertz CT molecular complexity index is 662. The summed E-state index contributed by atoms with van der Waals surface area (Å²) >= 11 is 0. The lowest BCUT2D eigenvalue weighted by Gasteiger charge is -2.27. The highest BCUT2D eigenvalue weighted by atomic mass is 16.1. The smallest absolute Gasteiger partial charge is 0.258 e. The SMILES string of the molecule is CC1CCCC(NCCn2ccc3ccccc3c2=O)C1. The number of rotatable bonds is 4. The topological polar surface area (TPSA) is 34.0 Å². The fourth-order valence-corrected chi connectivity index (χ4v) is 3.41. The molecule has 1 N–H and O–H groups in total. The number of benzene rings is 1. The fraction of sp³-hybridized carbons (Fsp3) is 0.500. The van der Waals surface area contributed by atoms with Crippen molar-refractivity contribution in [3.63, 3.8) is 0 Å². The van der Waals surface area contributed by atoms with E-state index in [2.05, 4.69) is 12.2 Å². The van der Waals surface area contributed by atoms with E-state index in [1.807, 2.05) is 41.1 Å². The molecule has 112 valence electrons. The molecule has 1 fully saturated rings. The number of fused-ring (bicyclic) bond motifs is 1. The Labute approximate surface area is 126 Å². The van der Waals surface area contributed by atoms with Crippen LogP contribution >= 0.6 is 0 Å². The molecular formula is C18H24N2O. The second-order valence-corrected chi connectivity index (χ2v) is 6.32. The first-order chi connectivity index (χ1) is 10.2. The Hall–Kier alpha value is -1.61. The average molecular weight is 284 g/mol. The zero-order valence-electron chi connectivity index (χ0n) is 12.7. The van der Waals surface area contributed by atoms with E-state index in [1.165, 1.54) is 25.7 Å². The highest BCUT2D eigenvalue weighted by Crippen LogP contribution is 2.23. The molecule has 2 atom stereocenters. The maximum absolute atomic E-state index is 12.4. The van der Waals surface area contributed by atoms with Crippen LogP contribution in [0.15, 0.2) is 41.3 Å². The van der Waals surface area contributed by atoms with Gasteiger partial charge in [0.2, 0.25) is 0 Å². The van der Waals surface area contributed by atoms with E-state index in [1.54, 1.807) is 0 Å². The molecule has 1 aliphatic rings. The van der Waals surface area contributed by atoms with E-state index >= 15 is 0 Å². The van der Waals surface area contributed by atoms with E-state index in [0.29, 0.717) is 6.04 Å². The number of aromatic nitrogens is 1. The Morgan fingerprint density at radius 1 is 1.24 bits per heavy atom. The fourth-order valence-electron chi connectivity index (χ4n) is 3.41. The van der Waals surface area contributed by atoms with Gasteiger partial charge in [0.15, 0.2) is 0 Å². The Balaban J connectivity index is 1.63. The third kappa shape index (κ3) is 3.35. The first-order valence-electron chi connectivity index (χ1n) is 8.05. The molecule has 0 spiro atoms. The molecule has 1 aliphatic carbocycles. The molecule has 0 amide bonds. The summed E-state index contributed by atoms with van der Waals surface area (Å²) in [6.45, 7) is 3.95. The van der Waals surface area contributed by atoms with Crippen molar-refractivity contribution in [1.29, 1.82) is 0 Å².